The Morgan fingerprint density at radius 1 is 1.46 bits per heavy atom. The maximum absolute atomic E-state index is 12.5. The van der Waals surface area contributed by atoms with Gasteiger partial charge in [0, 0.05) is 0 Å². The first-order valence-electron chi connectivity index (χ1n) is 3.98. The summed E-state index contributed by atoms with van der Waals surface area (Å²) in [7, 11) is 1.26. The quantitative estimate of drug-likeness (QED) is 0.667. The third-order valence-electron chi connectivity index (χ3n) is 1.84. The van der Waals surface area contributed by atoms with Crippen molar-refractivity contribution >= 4 is 5.97 Å². The molecule has 0 bridgehead atoms. The highest BCUT2D eigenvalue weighted by Crippen LogP contribution is 2.17. The van der Waals surface area contributed by atoms with Crippen molar-refractivity contribution in [2.24, 2.45) is 0 Å². The SMILES string of the molecule is COC(=O)[C@@H](CF)c1ccccc1. The zero-order chi connectivity index (χ0) is 9.68. The van der Waals surface area contributed by atoms with Crippen molar-refractivity contribution in [2.45, 2.75) is 5.92 Å². The zero-order valence-corrected chi connectivity index (χ0v) is 7.37. The van der Waals surface area contributed by atoms with Gasteiger partial charge in [-0.2, -0.15) is 0 Å². The van der Waals surface area contributed by atoms with Crippen LogP contribution in [0.3, 0.4) is 0 Å². The topological polar surface area (TPSA) is 26.3 Å². The third-order valence-corrected chi connectivity index (χ3v) is 1.84. The maximum Gasteiger partial charge on any atom is 0.315 e. The molecule has 0 radical (unpaired) electrons. The fraction of sp³-hybridized carbons (Fsp3) is 0.300. The maximum atomic E-state index is 12.5. The van der Waals surface area contributed by atoms with E-state index in [4.69, 9.17) is 0 Å². The molecule has 3 heteroatoms. The lowest BCUT2D eigenvalue weighted by atomic mass is 10.0. The fourth-order valence-electron chi connectivity index (χ4n) is 1.12. The van der Waals surface area contributed by atoms with Crippen LogP contribution in [0, 0.1) is 0 Å². The Morgan fingerprint density at radius 2 is 2.08 bits per heavy atom. The van der Waals surface area contributed by atoms with Crippen LogP contribution in [-0.2, 0) is 9.53 Å². The molecule has 1 aromatic carbocycles. The molecule has 0 unspecified atom stereocenters. The van der Waals surface area contributed by atoms with Crippen molar-refractivity contribution in [3.05, 3.63) is 35.9 Å². The second-order valence-corrected chi connectivity index (χ2v) is 2.64. The predicted octanol–water partition coefficient (Wildman–Crippen LogP) is 1.91. The van der Waals surface area contributed by atoms with Crippen molar-refractivity contribution in [1.82, 2.24) is 0 Å². The summed E-state index contributed by atoms with van der Waals surface area (Å²) in [5.41, 5.74) is 0.650. The first-order chi connectivity index (χ1) is 6.29. The molecule has 2 nitrogen and oxygen atoms in total. The van der Waals surface area contributed by atoms with Gasteiger partial charge in [0.25, 0.3) is 0 Å². The summed E-state index contributed by atoms with van der Waals surface area (Å²) >= 11 is 0. The minimum absolute atomic E-state index is 0.534. The highest BCUT2D eigenvalue weighted by atomic mass is 19.1. The zero-order valence-electron chi connectivity index (χ0n) is 7.37. The number of carbonyl (C=O) groups is 1. The molecule has 1 aromatic rings. The number of alkyl halides is 1. The van der Waals surface area contributed by atoms with E-state index in [1.807, 2.05) is 6.07 Å². The largest absolute Gasteiger partial charge is 0.468 e. The van der Waals surface area contributed by atoms with Gasteiger partial charge in [0.1, 0.15) is 12.6 Å². The van der Waals surface area contributed by atoms with Crippen molar-refractivity contribution in [3.8, 4) is 0 Å². The van der Waals surface area contributed by atoms with Crippen LogP contribution in [0.25, 0.3) is 0 Å². The van der Waals surface area contributed by atoms with Crippen LogP contribution in [0.5, 0.6) is 0 Å². The van der Waals surface area contributed by atoms with E-state index in [2.05, 4.69) is 4.74 Å². The molecule has 0 saturated carbocycles. The molecule has 0 amide bonds. The van der Waals surface area contributed by atoms with E-state index in [1.54, 1.807) is 24.3 Å². The van der Waals surface area contributed by atoms with Gasteiger partial charge in [-0.05, 0) is 5.56 Å². The van der Waals surface area contributed by atoms with Crippen LogP contribution < -0.4 is 0 Å². The second kappa shape index (κ2) is 4.60. The number of ether oxygens (including phenoxy) is 1. The van der Waals surface area contributed by atoms with Crippen LogP contribution in [-0.4, -0.2) is 19.8 Å². The first kappa shape index (κ1) is 9.71. The molecule has 70 valence electrons. The molecular weight excluding hydrogens is 171 g/mol. The van der Waals surface area contributed by atoms with E-state index in [-0.39, 0.29) is 0 Å². The fourth-order valence-corrected chi connectivity index (χ4v) is 1.12. The normalized spacial score (nSPS) is 12.2. The van der Waals surface area contributed by atoms with Crippen molar-refractivity contribution in [3.63, 3.8) is 0 Å². The predicted molar refractivity (Wildman–Crippen MR) is 47.2 cm³/mol. The Morgan fingerprint density at radius 3 is 2.54 bits per heavy atom. The number of hydrogen-bond donors (Lipinski definition) is 0. The molecule has 13 heavy (non-hydrogen) atoms. The molecule has 1 rings (SSSR count). The Balaban J connectivity index is 2.85. The van der Waals surface area contributed by atoms with Gasteiger partial charge >= 0.3 is 5.97 Å². The minimum Gasteiger partial charge on any atom is -0.468 e. The van der Waals surface area contributed by atoms with Crippen molar-refractivity contribution in [2.75, 3.05) is 13.8 Å². The molecule has 0 aliphatic heterocycles. The Labute approximate surface area is 76.3 Å². The van der Waals surface area contributed by atoms with Crippen molar-refractivity contribution < 1.29 is 13.9 Å². The van der Waals surface area contributed by atoms with Crippen molar-refractivity contribution in [1.29, 1.82) is 0 Å². The smallest absolute Gasteiger partial charge is 0.315 e. The molecular formula is C10H11FO2. The van der Waals surface area contributed by atoms with Gasteiger partial charge in [0.05, 0.1) is 7.11 Å². The highest BCUT2D eigenvalue weighted by molar-refractivity contribution is 5.78. The standard InChI is InChI=1S/C10H11FO2/c1-13-10(12)9(7-11)8-5-3-2-4-6-8/h2-6,9H,7H2,1H3/t9-/m0/s1. The number of carbonyl (C=O) groups excluding carboxylic acids is 1. The third kappa shape index (κ3) is 2.28. The summed E-state index contributed by atoms with van der Waals surface area (Å²) in [6.45, 7) is -0.726. The van der Waals surface area contributed by atoms with Gasteiger partial charge in [0.2, 0.25) is 0 Å². The van der Waals surface area contributed by atoms with Gasteiger partial charge in [-0.1, -0.05) is 30.3 Å². The Bertz CT molecular complexity index is 272. The van der Waals surface area contributed by atoms with E-state index in [0.717, 1.165) is 0 Å². The molecule has 0 fully saturated rings. The van der Waals surface area contributed by atoms with Gasteiger partial charge in [-0.25, -0.2) is 4.39 Å². The molecule has 0 N–H and O–H groups in total. The Kier molecular flexibility index (Phi) is 3.43. The molecule has 0 saturated heterocycles. The van der Waals surface area contributed by atoms with E-state index in [9.17, 15) is 9.18 Å². The molecule has 1 atom stereocenters. The van der Waals surface area contributed by atoms with Crippen LogP contribution >= 0.6 is 0 Å². The molecule has 0 aliphatic carbocycles. The van der Waals surface area contributed by atoms with Crippen LogP contribution in [0.1, 0.15) is 11.5 Å². The minimum atomic E-state index is -0.786. The Hall–Kier alpha value is -1.38. The molecule has 0 aromatic heterocycles. The number of hydrogen-bond acceptors (Lipinski definition) is 2. The summed E-state index contributed by atoms with van der Waals surface area (Å²) in [5, 5.41) is 0. The van der Waals surface area contributed by atoms with E-state index in [1.165, 1.54) is 7.11 Å². The van der Waals surface area contributed by atoms with Gasteiger partial charge in [-0.15, -0.1) is 0 Å². The molecule has 0 spiro atoms. The number of rotatable bonds is 3. The van der Waals surface area contributed by atoms with Crippen LogP contribution in [0.4, 0.5) is 4.39 Å². The van der Waals surface area contributed by atoms with Gasteiger partial charge in [-0.3, -0.25) is 4.79 Å². The van der Waals surface area contributed by atoms with E-state index >= 15 is 0 Å². The number of methoxy groups -OCH3 is 1. The van der Waals surface area contributed by atoms with E-state index < -0.39 is 18.6 Å². The average molecular weight is 182 g/mol. The summed E-state index contributed by atoms with van der Waals surface area (Å²) in [6, 6.07) is 8.76. The summed E-state index contributed by atoms with van der Waals surface area (Å²) in [4.78, 5) is 11.1. The summed E-state index contributed by atoms with van der Waals surface area (Å²) in [5.74, 6) is -1.32. The van der Waals surface area contributed by atoms with Gasteiger partial charge in [0.15, 0.2) is 0 Å². The van der Waals surface area contributed by atoms with Gasteiger partial charge < -0.3 is 4.74 Å². The lowest BCUT2D eigenvalue weighted by Gasteiger charge is -2.10. The average Bonchev–Trinajstić information content (AvgIpc) is 2.20. The number of benzene rings is 1. The second-order valence-electron chi connectivity index (χ2n) is 2.64. The number of halogens is 1. The molecule has 0 heterocycles. The molecule has 0 aliphatic rings. The number of esters is 1. The lowest BCUT2D eigenvalue weighted by Crippen LogP contribution is -2.15. The summed E-state index contributed by atoms with van der Waals surface area (Å²) in [6.07, 6.45) is 0. The van der Waals surface area contributed by atoms with E-state index in [0.29, 0.717) is 5.56 Å². The summed E-state index contributed by atoms with van der Waals surface area (Å²) < 4.78 is 17.0. The first-order valence-corrected chi connectivity index (χ1v) is 3.98. The van der Waals surface area contributed by atoms with Crippen LogP contribution in [0.15, 0.2) is 30.3 Å². The lowest BCUT2D eigenvalue weighted by molar-refractivity contribution is -0.142. The highest BCUT2D eigenvalue weighted by Gasteiger charge is 2.20. The monoisotopic (exact) mass is 182 g/mol. The van der Waals surface area contributed by atoms with Crippen LogP contribution in [0.2, 0.25) is 0 Å².